The molecule has 0 aliphatic carbocycles. The van der Waals surface area contributed by atoms with Crippen molar-refractivity contribution in [1.82, 2.24) is 0 Å². The van der Waals surface area contributed by atoms with Gasteiger partial charge >= 0.3 is 5.97 Å². The van der Waals surface area contributed by atoms with Gasteiger partial charge in [0.1, 0.15) is 17.7 Å². The van der Waals surface area contributed by atoms with Gasteiger partial charge in [0.2, 0.25) is 5.91 Å². The number of aromatic carboxylic acids is 1. The van der Waals surface area contributed by atoms with E-state index in [1.54, 1.807) is 12.1 Å². The summed E-state index contributed by atoms with van der Waals surface area (Å²) >= 11 is 0. The van der Waals surface area contributed by atoms with Gasteiger partial charge in [0.05, 0.1) is 11.3 Å². The van der Waals surface area contributed by atoms with Crippen LogP contribution in [0, 0.1) is 22.7 Å². The second-order valence-corrected chi connectivity index (χ2v) is 3.67. The lowest BCUT2D eigenvalue weighted by Crippen LogP contribution is -2.08. The average molecular weight is 270 g/mol. The van der Waals surface area contributed by atoms with Crippen molar-refractivity contribution in [3.63, 3.8) is 0 Å². The van der Waals surface area contributed by atoms with Crippen molar-refractivity contribution in [3.05, 3.63) is 35.5 Å². The van der Waals surface area contributed by atoms with Crippen molar-refractivity contribution in [3.8, 4) is 12.1 Å². The predicted molar refractivity (Wildman–Crippen MR) is 70.6 cm³/mol. The van der Waals surface area contributed by atoms with E-state index in [0.717, 1.165) is 6.20 Å². The number of hydrogen-bond acceptors (Lipinski definition) is 5. The molecule has 0 radical (unpaired) electrons. The maximum atomic E-state index is 11.1. The van der Waals surface area contributed by atoms with Crippen LogP contribution in [0.15, 0.2) is 30.0 Å². The molecule has 3 N–H and O–H groups in total. The number of nitrogens with one attached hydrogen (secondary N) is 2. The lowest BCUT2D eigenvalue weighted by atomic mass is 10.1. The summed E-state index contributed by atoms with van der Waals surface area (Å²) in [5.74, 6) is -1.53. The van der Waals surface area contributed by atoms with E-state index in [1.807, 2.05) is 0 Å². The summed E-state index contributed by atoms with van der Waals surface area (Å²) < 4.78 is 0. The zero-order valence-electron chi connectivity index (χ0n) is 10.5. The number of hydrogen-bond donors (Lipinski definition) is 3. The third-order valence-corrected chi connectivity index (χ3v) is 2.18. The number of carbonyl (C=O) groups is 2. The van der Waals surface area contributed by atoms with Gasteiger partial charge in [-0.2, -0.15) is 10.5 Å². The van der Waals surface area contributed by atoms with Gasteiger partial charge in [-0.3, -0.25) is 4.79 Å². The van der Waals surface area contributed by atoms with Crippen LogP contribution in [0.25, 0.3) is 0 Å². The molecule has 0 saturated carbocycles. The molecular formula is C13H10N4O3. The number of nitrogens with zero attached hydrogens (tertiary/aromatic N) is 2. The largest absolute Gasteiger partial charge is 0.478 e. The Bertz CT molecular complexity index is 649. The van der Waals surface area contributed by atoms with Gasteiger partial charge in [0.25, 0.3) is 0 Å². The molecule has 0 aliphatic heterocycles. The molecule has 1 aromatic rings. The van der Waals surface area contributed by atoms with E-state index in [0.29, 0.717) is 5.69 Å². The highest BCUT2D eigenvalue weighted by Crippen LogP contribution is 2.21. The van der Waals surface area contributed by atoms with Gasteiger partial charge in [-0.1, -0.05) is 0 Å². The first-order chi connectivity index (χ1) is 9.47. The van der Waals surface area contributed by atoms with Gasteiger partial charge in [-0.05, 0) is 18.2 Å². The van der Waals surface area contributed by atoms with E-state index < -0.39 is 5.97 Å². The zero-order chi connectivity index (χ0) is 15.1. The minimum atomic E-state index is -1.21. The lowest BCUT2D eigenvalue weighted by Gasteiger charge is -2.09. The third kappa shape index (κ3) is 3.86. The fourth-order valence-electron chi connectivity index (χ4n) is 1.37. The first-order valence-electron chi connectivity index (χ1n) is 5.39. The van der Waals surface area contributed by atoms with Gasteiger partial charge in [-0.15, -0.1) is 0 Å². The second-order valence-electron chi connectivity index (χ2n) is 3.67. The number of amides is 1. The Labute approximate surface area is 114 Å². The Kier molecular flexibility index (Phi) is 4.84. The molecule has 0 bridgehead atoms. The molecule has 7 heteroatoms. The Balaban J connectivity index is 3.12. The molecule has 0 atom stereocenters. The number of carbonyl (C=O) groups excluding carboxylic acids is 1. The molecule has 1 rings (SSSR count). The molecule has 7 nitrogen and oxygen atoms in total. The third-order valence-electron chi connectivity index (χ3n) is 2.18. The number of allylic oxidation sites excluding steroid dienone is 1. The smallest absolute Gasteiger partial charge is 0.337 e. The molecule has 1 aromatic carbocycles. The minimum Gasteiger partial charge on any atom is -0.478 e. The molecular weight excluding hydrogens is 260 g/mol. The molecule has 0 heterocycles. The van der Waals surface area contributed by atoms with Crippen LogP contribution >= 0.6 is 0 Å². The summed E-state index contributed by atoms with van der Waals surface area (Å²) in [4.78, 5) is 22.1. The van der Waals surface area contributed by atoms with Crippen LogP contribution in [0.2, 0.25) is 0 Å². The first kappa shape index (κ1) is 14.7. The summed E-state index contributed by atoms with van der Waals surface area (Å²) in [5.41, 5.74) is 0.259. The van der Waals surface area contributed by atoms with Gasteiger partial charge in [-0.25, -0.2) is 4.79 Å². The lowest BCUT2D eigenvalue weighted by molar-refractivity contribution is -0.114. The summed E-state index contributed by atoms with van der Waals surface area (Å²) in [7, 11) is 0. The summed E-state index contributed by atoms with van der Waals surface area (Å²) in [6.07, 6.45) is 1.11. The monoisotopic (exact) mass is 270 g/mol. The maximum Gasteiger partial charge on any atom is 0.337 e. The molecule has 1 amide bonds. The van der Waals surface area contributed by atoms with Crippen LogP contribution in [0.4, 0.5) is 11.4 Å². The minimum absolute atomic E-state index is 0.0947. The Hall–Kier alpha value is -3.32. The van der Waals surface area contributed by atoms with Gasteiger partial charge < -0.3 is 15.7 Å². The van der Waals surface area contributed by atoms with Crippen LogP contribution in [-0.2, 0) is 4.79 Å². The van der Waals surface area contributed by atoms with Crippen molar-refractivity contribution in [2.24, 2.45) is 0 Å². The number of nitriles is 2. The number of anilines is 2. The zero-order valence-corrected chi connectivity index (χ0v) is 10.5. The van der Waals surface area contributed by atoms with Crippen LogP contribution in [0.5, 0.6) is 0 Å². The molecule has 0 saturated heterocycles. The second kappa shape index (κ2) is 6.57. The molecule has 0 aromatic heterocycles. The van der Waals surface area contributed by atoms with Crippen LogP contribution in [-0.4, -0.2) is 17.0 Å². The van der Waals surface area contributed by atoms with E-state index in [-0.39, 0.29) is 22.7 Å². The van der Waals surface area contributed by atoms with Gasteiger partial charge in [0, 0.05) is 18.8 Å². The first-order valence-corrected chi connectivity index (χ1v) is 5.39. The van der Waals surface area contributed by atoms with Crippen molar-refractivity contribution >= 4 is 23.3 Å². The molecule has 0 unspecified atom stereocenters. The van der Waals surface area contributed by atoms with Crippen LogP contribution in [0.3, 0.4) is 0 Å². The van der Waals surface area contributed by atoms with Gasteiger partial charge in [0.15, 0.2) is 0 Å². The topological polar surface area (TPSA) is 126 Å². The van der Waals surface area contributed by atoms with E-state index in [9.17, 15) is 9.59 Å². The highest BCUT2D eigenvalue weighted by Gasteiger charge is 2.11. The number of rotatable bonds is 4. The Morgan fingerprint density at radius 2 is 1.95 bits per heavy atom. The normalized spacial score (nSPS) is 8.75. The van der Waals surface area contributed by atoms with Crippen LogP contribution < -0.4 is 10.6 Å². The quantitative estimate of drug-likeness (QED) is 0.714. The van der Waals surface area contributed by atoms with E-state index in [2.05, 4.69) is 10.6 Å². The van der Waals surface area contributed by atoms with Crippen molar-refractivity contribution in [2.75, 3.05) is 10.6 Å². The molecule has 20 heavy (non-hydrogen) atoms. The molecule has 0 fully saturated rings. The maximum absolute atomic E-state index is 11.1. The molecule has 0 spiro atoms. The van der Waals surface area contributed by atoms with Crippen LogP contribution in [0.1, 0.15) is 17.3 Å². The molecule has 0 aliphatic rings. The fourth-order valence-corrected chi connectivity index (χ4v) is 1.37. The van der Waals surface area contributed by atoms with Crippen molar-refractivity contribution < 1.29 is 14.7 Å². The SMILES string of the molecule is CC(=O)Nc1ccc(NC=C(C#N)C#N)c(C(=O)O)c1. The van der Waals surface area contributed by atoms with E-state index in [1.165, 1.54) is 25.1 Å². The fraction of sp³-hybridized carbons (Fsp3) is 0.0769. The molecule has 100 valence electrons. The summed E-state index contributed by atoms with van der Waals surface area (Å²) in [5, 5.41) is 31.3. The van der Waals surface area contributed by atoms with E-state index in [4.69, 9.17) is 15.6 Å². The van der Waals surface area contributed by atoms with Crippen molar-refractivity contribution in [2.45, 2.75) is 6.92 Å². The summed E-state index contributed by atoms with van der Waals surface area (Å²) in [6.45, 7) is 1.31. The van der Waals surface area contributed by atoms with E-state index >= 15 is 0 Å². The highest BCUT2D eigenvalue weighted by atomic mass is 16.4. The Morgan fingerprint density at radius 1 is 1.30 bits per heavy atom. The Morgan fingerprint density at radius 3 is 2.45 bits per heavy atom. The standard InChI is InChI=1S/C13H10N4O3/c1-8(18)17-10-2-3-12(11(4-10)13(19)20)16-7-9(5-14)6-15/h2-4,7,16H,1H3,(H,17,18)(H,19,20). The van der Waals surface area contributed by atoms with Crippen molar-refractivity contribution in [1.29, 1.82) is 10.5 Å². The number of carboxylic acids is 1. The predicted octanol–water partition coefficient (Wildman–Crippen LogP) is 1.69. The average Bonchev–Trinajstić information content (AvgIpc) is 2.40. The summed E-state index contributed by atoms with van der Waals surface area (Å²) in [6, 6.07) is 7.49. The number of benzene rings is 1. The highest BCUT2D eigenvalue weighted by molar-refractivity contribution is 5.97. The number of carboxylic acid groups (broad SMARTS) is 1.